The summed E-state index contributed by atoms with van der Waals surface area (Å²) in [6.07, 6.45) is 2.45. The van der Waals surface area contributed by atoms with Crippen molar-refractivity contribution in [1.82, 2.24) is 9.55 Å². The van der Waals surface area contributed by atoms with Gasteiger partial charge in [0.15, 0.2) is 0 Å². The first-order chi connectivity index (χ1) is 10.1. The van der Waals surface area contributed by atoms with Crippen molar-refractivity contribution in [3.63, 3.8) is 0 Å². The summed E-state index contributed by atoms with van der Waals surface area (Å²) in [5.41, 5.74) is 11.2. The molecule has 1 aliphatic rings. The van der Waals surface area contributed by atoms with Gasteiger partial charge in [0.05, 0.1) is 16.7 Å². The van der Waals surface area contributed by atoms with Gasteiger partial charge in [-0.3, -0.25) is 4.57 Å². The zero-order valence-electron chi connectivity index (χ0n) is 11.8. The molecule has 106 valence electrons. The molecule has 2 aromatic carbocycles. The molecular weight excluding hydrogens is 326 g/mol. The topological polar surface area (TPSA) is 43.8 Å². The van der Waals surface area contributed by atoms with E-state index in [0.717, 1.165) is 32.7 Å². The van der Waals surface area contributed by atoms with E-state index in [4.69, 9.17) is 10.7 Å². The first-order valence-electron chi connectivity index (χ1n) is 7.18. The monoisotopic (exact) mass is 341 g/mol. The summed E-state index contributed by atoms with van der Waals surface area (Å²) in [4.78, 5) is 4.84. The Labute approximate surface area is 131 Å². The van der Waals surface area contributed by atoms with Gasteiger partial charge in [-0.1, -0.05) is 12.1 Å². The van der Waals surface area contributed by atoms with Gasteiger partial charge in [-0.25, -0.2) is 4.98 Å². The number of aromatic nitrogens is 2. The summed E-state index contributed by atoms with van der Waals surface area (Å²) >= 11 is 3.73. The second kappa shape index (κ2) is 4.60. The van der Waals surface area contributed by atoms with Crippen LogP contribution in [0.5, 0.6) is 0 Å². The van der Waals surface area contributed by atoms with Gasteiger partial charge in [0.25, 0.3) is 0 Å². The number of aryl methyl sites for hydroxylation is 1. The molecule has 1 saturated carbocycles. The molecule has 1 fully saturated rings. The number of benzene rings is 2. The van der Waals surface area contributed by atoms with E-state index >= 15 is 0 Å². The van der Waals surface area contributed by atoms with E-state index in [2.05, 4.69) is 51.7 Å². The van der Waals surface area contributed by atoms with Crippen LogP contribution in [0.15, 0.2) is 40.9 Å². The lowest BCUT2D eigenvalue weighted by molar-refractivity contribution is 0.893. The molecule has 1 heterocycles. The predicted octanol–water partition coefficient (Wildman–Crippen LogP) is 4.56. The van der Waals surface area contributed by atoms with Crippen molar-refractivity contribution < 1.29 is 0 Å². The van der Waals surface area contributed by atoms with Gasteiger partial charge in [-0.2, -0.15) is 0 Å². The fourth-order valence-electron chi connectivity index (χ4n) is 2.79. The third kappa shape index (κ3) is 2.05. The van der Waals surface area contributed by atoms with E-state index in [1.165, 1.54) is 18.4 Å². The van der Waals surface area contributed by atoms with E-state index < -0.39 is 0 Å². The number of imidazole rings is 1. The van der Waals surface area contributed by atoms with E-state index in [0.29, 0.717) is 5.92 Å². The molecule has 4 heteroatoms. The zero-order valence-corrected chi connectivity index (χ0v) is 13.4. The highest BCUT2D eigenvalue weighted by molar-refractivity contribution is 9.10. The third-order valence-electron chi connectivity index (χ3n) is 4.06. The molecule has 0 spiro atoms. The maximum atomic E-state index is 5.91. The number of nitrogens with two attached hydrogens (primary N) is 1. The lowest BCUT2D eigenvalue weighted by Gasteiger charge is -2.12. The predicted molar refractivity (Wildman–Crippen MR) is 89.9 cm³/mol. The molecule has 0 aliphatic heterocycles. The van der Waals surface area contributed by atoms with Crippen LogP contribution in [0.2, 0.25) is 0 Å². The Morgan fingerprint density at radius 1 is 1.24 bits per heavy atom. The van der Waals surface area contributed by atoms with Crippen LogP contribution in [0.25, 0.3) is 16.7 Å². The van der Waals surface area contributed by atoms with Gasteiger partial charge in [0.2, 0.25) is 0 Å². The summed E-state index contributed by atoms with van der Waals surface area (Å²) in [7, 11) is 0. The number of fused-ring (bicyclic) bond motifs is 1. The van der Waals surface area contributed by atoms with Gasteiger partial charge in [0, 0.05) is 16.1 Å². The van der Waals surface area contributed by atoms with Gasteiger partial charge < -0.3 is 5.73 Å². The summed E-state index contributed by atoms with van der Waals surface area (Å²) in [5.74, 6) is 1.73. The number of halogens is 1. The van der Waals surface area contributed by atoms with Crippen molar-refractivity contribution in [1.29, 1.82) is 0 Å². The number of anilines is 1. The summed E-state index contributed by atoms with van der Waals surface area (Å²) in [5, 5.41) is 0. The molecular formula is C17H16BrN3. The molecule has 2 N–H and O–H groups in total. The van der Waals surface area contributed by atoms with Gasteiger partial charge >= 0.3 is 0 Å². The molecule has 0 unspecified atom stereocenters. The Bertz CT molecular complexity index is 847. The standard InChI is InChI=1S/C17H16BrN3/c1-10-3-2-4-15(16(10)18)21-14-8-7-12(19)9-13(14)20-17(21)11-5-6-11/h2-4,7-9,11H,5-6,19H2,1H3. The Morgan fingerprint density at radius 3 is 2.81 bits per heavy atom. The van der Waals surface area contributed by atoms with Crippen molar-refractivity contribution in [3.8, 4) is 5.69 Å². The summed E-state index contributed by atoms with van der Waals surface area (Å²) < 4.78 is 3.41. The van der Waals surface area contributed by atoms with Crippen molar-refractivity contribution >= 4 is 32.7 Å². The molecule has 21 heavy (non-hydrogen) atoms. The molecule has 3 aromatic rings. The second-order valence-corrected chi connectivity index (χ2v) is 6.53. The number of hydrogen-bond acceptors (Lipinski definition) is 2. The fourth-order valence-corrected chi connectivity index (χ4v) is 3.23. The van der Waals surface area contributed by atoms with E-state index in [1.807, 2.05) is 12.1 Å². The van der Waals surface area contributed by atoms with Crippen molar-refractivity contribution in [2.75, 3.05) is 5.73 Å². The fraction of sp³-hybridized carbons (Fsp3) is 0.235. The summed E-state index contributed by atoms with van der Waals surface area (Å²) in [6, 6.07) is 12.3. The minimum atomic E-state index is 0.575. The van der Waals surface area contributed by atoms with Crippen LogP contribution in [0.1, 0.15) is 30.1 Å². The van der Waals surface area contributed by atoms with Gasteiger partial charge in [-0.15, -0.1) is 0 Å². The lowest BCUT2D eigenvalue weighted by atomic mass is 10.2. The Morgan fingerprint density at radius 2 is 2.05 bits per heavy atom. The number of nitrogens with zero attached hydrogens (tertiary/aromatic N) is 2. The average Bonchev–Trinajstić information content (AvgIpc) is 3.24. The highest BCUT2D eigenvalue weighted by Crippen LogP contribution is 2.43. The van der Waals surface area contributed by atoms with Gasteiger partial charge in [0.1, 0.15) is 5.82 Å². The molecule has 0 saturated heterocycles. The normalized spacial score (nSPS) is 14.8. The van der Waals surface area contributed by atoms with Gasteiger partial charge in [-0.05, 0) is 65.5 Å². The van der Waals surface area contributed by atoms with Crippen LogP contribution in [0.4, 0.5) is 5.69 Å². The average molecular weight is 342 g/mol. The Kier molecular flexibility index (Phi) is 2.82. The maximum Gasteiger partial charge on any atom is 0.117 e. The van der Waals surface area contributed by atoms with Crippen LogP contribution in [-0.4, -0.2) is 9.55 Å². The van der Waals surface area contributed by atoms with E-state index in [1.54, 1.807) is 0 Å². The number of hydrogen-bond donors (Lipinski definition) is 1. The minimum Gasteiger partial charge on any atom is -0.399 e. The lowest BCUT2D eigenvalue weighted by Crippen LogP contribution is -2.01. The van der Waals surface area contributed by atoms with E-state index in [-0.39, 0.29) is 0 Å². The second-order valence-electron chi connectivity index (χ2n) is 5.74. The van der Waals surface area contributed by atoms with Crippen molar-refractivity contribution in [3.05, 3.63) is 52.3 Å². The Balaban J connectivity index is 2.06. The maximum absolute atomic E-state index is 5.91. The van der Waals surface area contributed by atoms with Crippen molar-refractivity contribution in [2.45, 2.75) is 25.7 Å². The first kappa shape index (κ1) is 12.9. The Hall–Kier alpha value is -1.81. The van der Waals surface area contributed by atoms with Crippen molar-refractivity contribution in [2.24, 2.45) is 0 Å². The van der Waals surface area contributed by atoms with E-state index in [9.17, 15) is 0 Å². The molecule has 4 rings (SSSR count). The first-order valence-corrected chi connectivity index (χ1v) is 7.98. The SMILES string of the molecule is Cc1cccc(-n2c(C3CC3)nc3cc(N)ccc32)c1Br. The summed E-state index contributed by atoms with van der Waals surface area (Å²) in [6.45, 7) is 2.11. The van der Waals surface area contributed by atoms with Crippen LogP contribution in [0.3, 0.4) is 0 Å². The number of rotatable bonds is 2. The molecule has 0 radical (unpaired) electrons. The minimum absolute atomic E-state index is 0.575. The van der Waals surface area contributed by atoms with Crippen LogP contribution >= 0.6 is 15.9 Å². The molecule has 0 bridgehead atoms. The van der Waals surface area contributed by atoms with Crippen LogP contribution in [0, 0.1) is 6.92 Å². The smallest absolute Gasteiger partial charge is 0.117 e. The molecule has 3 nitrogen and oxygen atoms in total. The third-order valence-corrected chi connectivity index (χ3v) is 5.09. The van der Waals surface area contributed by atoms with Crippen LogP contribution < -0.4 is 5.73 Å². The quantitative estimate of drug-likeness (QED) is 0.694. The largest absolute Gasteiger partial charge is 0.399 e. The zero-order chi connectivity index (χ0) is 14.6. The van der Waals surface area contributed by atoms with Crippen LogP contribution in [-0.2, 0) is 0 Å². The molecule has 0 atom stereocenters. The highest BCUT2D eigenvalue weighted by atomic mass is 79.9. The molecule has 0 amide bonds. The highest BCUT2D eigenvalue weighted by Gasteiger charge is 2.30. The number of nitrogen functional groups attached to an aromatic ring is 1. The molecule has 1 aromatic heterocycles. The molecule has 1 aliphatic carbocycles.